The maximum atomic E-state index is 12.3. The third kappa shape index (κ3) is 2.35. The van der Waals surface area contributed by atoms with Crippen LogP contribution < -0.4 is 4.90 Å². The summed E-state index contributed by atoms with van der Waals surface area (Å²) in [6, 6.07) is 1.69. The molecule has 2 aromatic rings. The van der Waals surface area contributed by atoms with E-state index in [1.165, 1.54) is 0 Å². The van der Waals surface area contributed by atoms with Gasteiger partial charge in [0.25, 0.3) is 0 Å². The van der Waals surface area contributed by atoms with E-state index in [0.717, 1.165) is 33.3 Å². The third-order valence-electron chi connectivity index (χ3n) is 3.58. The molecule has 0 unspecified atom stereocenters. The fourth-order valence-electron chi connectivity index (χ4n) is 2.76. The molecule has 1 aliphatic rings. The molecule has 0 fully saturated rings. The number of ether oxygens (including phenoxy) is 1. The molecule has 2 heterocycles. The zero-order valence-corrected chi connectivity index (χ0v) is 13.5. The van der Waals surface area contributed by atoms with Gasteiger partial charge in [0, 0.05) is 18.0 Å². The lowest BCUT2D eigenvalue weighted by Gasteiger charge is -2.24. The van der Waals surface area contributed by atoms with Gasteiger partial charge in [-0.2, -0.15) is 0 Å². The summed E-state index contributed by atoms with van der Waals surface area (Å²) < 4.78 is 6.35. The van der Waals surface area contributed by atoms with Crippen LogP contribution in [0.25, 0.3) is 10.1 Å². The number of aromatic hydroxyl groups is 1. The third-order valence-corrected chi connectivity index (χ3v) is 4.70. The highest BCUT2D eigenvalue weighted by Gasteiger charge is 2.31. The molecule has 3 rings (SSSR count). The van der Waals surface area contributed by atoms with Crippen LogP contribution in [0.15, 0.2) is 11.4 Å². The fraction of sp³-hybridized carbons (Fsp3) is 0.438. The highest BCUT2D eigenvalue weighted by atomic mass is 32.1. The van der Waals surface area contributed by atoms with Crippen LogP contribution >= 0.6 is 11.3 Å². The van der Waals surface area contributed by atoms with Crippen molar-refractivity contribution in [3.8, 4) is 5.75 Å². The molecule has 0 aliphatic carbocycles. The predicted molar refractivity (Wildman–Crippen MR) is 85.5 cm³/mol. The van der Waals surface area contributed by atoms with Crippen molar-refractivity contribution in [3.05, 3.63) is 22.6 Å². The van der Waals surface area contributed by atoms with Gasteiger partial charge in [-0.25, -0.2) is 4.79 Å². The lowest BCUT2D eigenvalue weighted by Crippen LogP contribution is -2.35. The summed E-state index contributed by atoms with van der Waals surface area (Å²) in [5, 5.41) is 13.3. The minimum absolute atomic E-state index is 0.234. The predicted octanol–water partition coefficient (Wildman–Crippen LogP) is 4.21. The van der Waals surface area contributed by atoms with Gasteiger partial charge in [0.2, 0.25) is 0 Å². The summed E-state index contributed by atoms with van der Waals surface area (Å²) in [5.41, 5.74) is 2.53. The summed E-state index contributed by atoms with van der Waals surface area (Å²) in [7, 11) is 0. The molecule has 4 nitrogen and oxygen atoms in total. The maximum Gasteiger partial charge on any atom is 0.414 e. The van der Waals surface area contributed by atoms with Crippen LogP contribution in [0.3, 0.4) is 0 Å². The smallest absolute Gasteiger partial charge is 0.414 e. The molecule has 1 aliphatic heterocycles. The number of rotatable bonds is 0. The SMILES string of the molecule is Cc1csc2c(O)cc3c(c12)CCN3C(=O)OC(C)(C)C. The van der Waals surface area contributed by atoms with Crippen LogP contribution in [0.1, 0.15) is 31.9 Å². The first kappa shape index (κ1) is 14.2. The number of phenolic OH excluding ortho intramolecular Hbond substituents is 1. The first-order chi connectivity index (χ1) is 9.78. The zero-order chi connectivity index (χ0) is 15.4. The Bertz CT molecular complexity index is 727. The highest BCUT2D eigenvalue weighted by Crippen LogP contribution is 2.43. The summed E-state index contributed by atoms with van der Waals surface area (Å²) in [5.74, 6) is 0.234. The molecule has 21 heavy (non-hydrogen) atoms. The number of carbonyl (C=O) groups is 1. The van der Waals surface area contributed by atoms with Crippen LogP contribution in [-0.2, 0) is 11.2 Å². The normalized spacial score (nSPS) is 14.6. The number of nitrogens with zero attached hydrogens (tertiary/aromatic N) is 1. The largest absolute Gasteiger partial charge is 0.506 e. The summed E-state index contributed by atoms with van der Waals surface area (Å²) in [6.07, 6.45) is 0.441. The van der Waals surface area contributed by atoms with Crippen molar-refractivity contribution in [1.29, 1.82) is 0 Å². The van der Waals surface area contributed by atoms with Crippen LogP contribution in [0.5, 0.6) is 5.75 Å². The summed E-state index contributed by atoms with van der Waals surface area (Å²) in [4.78, 5) is 13.9. The standard InChI is InChI=1S/C16H19NO3S/c1-9-8-21-14-12(18)7-11-10(13(9)14)5-6-17(11)15(19)20-16(2,3)4/h7-8,18H,5-6H2,1-4H3. The number of amides is 1. The van der Waals surface area contributed by atoms with Gasteiger partial charge in [0.05, 0.1) is 10.4 Å². The van der Waals surface area contributed by atoms with Crippen molar-refractivity contribution in [1.82, 2.24) is 0 Å². The average Bonchev–Trinajstić information content (AvgIpc) is 2.91. The van der Waals surface area contributed by atoms with E-state index in [1.807, 2.05) is 33.1 Å². The number of aryl methyl sites for hydroxylation is 1. The quantitative estimate of drug-likeness (QED) is 0.793. The molecule has 0 bridgehead atoms. The van der Waals surface area contributed by atoms with Crippen molar-refractivity contribution in [2.24, 2.45) is 0 Å². The lowest BCUT2D eigenvalue weighted by molar-refractivity contribution is 0.0584. The second-order valence-corrected chi connectivity index (χ2v) is 7.28. The molecule has 5 heteroatoms. The number of anilines is 1. The minimum atomic E-state index is -0.524. The molecule has 0 saturated carbocycles. The minimum Gasteiger partial charge on any atom is -0.506 e. The number of fused-ring (bicyclic) bond motifs is 3. The van der Waals surface area contributed by atoms with E-state index in [4.69, 9.17) is 4.74 Å². The van der Waals surface area contributed by atoms with E-state index < -0.39 is 5.60 Å². The van der Waals surface area contributed by atoms with E-state index in [1.54, 1.807) is 22.3 Å². The number of carbonyl (C=O) groups excluding carboxylic acids is 1. The summed E-state index contributed by atoms with van der Waals surface area (Å²) >= 11 is 1.54. The Balaban J connectivity index is 2.07. The molecular weight excluding hydrogens is 286 g/mol. The number of hydrogen-bond acceptors (Lipinski definition) is 4. The Labute approximate surface area is 127 Å². The van der Waals surface area contributed by atoms with E-state index in [9.17, 15) is 9.90 Å². The van der Waals surface area contributed by atoms with Gasteiger partial charge in [-0.1, -0.05) is 0 Å². The average molecular weight is 305 g/mol. The molecular formula is C16H19NO3S. The molecule has 0 atom stereocenters. The Morgan fingerprint density at radius 2 is 2.14 bits per heavy atom. The number of thiophene rings is 1. The first-order valence-electron chi connectivity index (χ1n) is 7.01. The van der Waals surface area contributed by atoms with Gasteiger partial charge in [-0.3, -0.25) is 4.90 Å². The number of phenols is 1. The highest BCUT2D eigenvalue weighted by molar-refractivity contribution is 7.17. The van der Waals surface area contributed by atoms with Crippen molar-refractivity contribution in [2.75, 3.05) is 11.4 Å². The molecule has 0 spiro atoms. The van der Waals surface area contributed by atoms with E-state index in [2.05, 4.69) is 0 Å². The van der Waals surface area contributed by atoms with E-state index >= 15 is 0 Å². The van der Waals surface area contributed by atoms with E-state index in [-0.39, 0.29) is 11.8 Å². The van der Waals surface area contributed by atoms with Crippen LogP contribution in [0.2, 0.25) is 0 Å². The topological polar surface area (TPSA) is 49.8 Å². The van der Waals surface area contributed by atoms with Crippen LogP contribution in [0, 0.1) is 6.92 Å². The van der Waals surface area contributed by atoms with Gasteiger partial charge >= 0.3 is 6.09 Å². The van der Waals surface area contributed by atoms with Crippen molar-refractivity contribution in [2.45, 2.75) is 39.7 Å². The maximum absolute atomic E-state index is 12.3. The van der Waals surface area contributed by atoms with Crippen molar-refractivity contribution >= 4 is 33.2 Å². The Morgan fingerprint density at radius 1 is 1.43 bits per heavy atom. The van der Waals surface area contributed by atoms with Crippen LogP contribution in [-0.4, -0.2) is 23.3 Å². The second-order valence-electron chi connectivity index (χ2n) is 6.40. The van der Waals surface area contributed by atoms with Gasteiger partial charge in [-0.15, -0.1) is 11.3 Å². The Kier molecular flexibility index (Phi) is 3.13. The molecule has 0 radical (unpaired) electrons. The molecule has 1 aromatic carbocycles. The van der Waals surface area contributed by atoms with Crippen LogP contribution in [0.4, 0.5) is 10.5 Å². The first-order valence-corrected chi connectivity index (χ1v) is 7.89. The molecule has 1 N–H and O–H groups in total. The molecule has 0 saturated heterocycles. The second kappa shape index (κ2) is 4.63. The van der Waals surface area contributed by atoms with Gasteiger partial charge in [0.15, 0.2) is 0 Å². The zero-order valence-electron chi connectivity index (χ0n) is 12.7. The van der Waals surface area contributed by atoms with Gasteiger partial charge < -0.3 is 9.84 Å². The van der Waals surface area contributed by atoms with Crippen molar-refractivity contribution in [3.63, 3.8) is 0 Å². The molecule has 1 aromatic heterocycles. The lowest BCUT2D eigenvalue weighted by atomic mass is 10.0. The van der Waals surface area contributed by atoms with E-state index in [0.29, 0.717) is 6.54 Å². The monoisotopic (exact) mass is 305 g/mol. The molecule has 1 amide bonds. The fourth-order valence-corrected chi connectivity index (χ4v) is 3.76. The van der Waals surface area contributed by atoms with Crippen molar-refractivity contribution < 1.29 is 14.6 Å². The molecule has 112 valence electrons. The number of benzene rings is 1. The number of hydrogen-bond donors (Lipinski definition) is 1. The Hall–Kier alpha value is -1.75. The Morgan fingerprint density at radius 3 is 2.81 bits per heavy atom. The van der Waals surface area contributed by atoms with Gasteiger partial charge in [-0.05, 0) is 50.6 Å². The summed E-state index contributed by atoms with van der Waals surface area (Å²) in [6.45, 7) is 8.19. The van der Waals surface area contributed by atoms with Gasteiger partial charge in [0.1, 0.15) is 11.4 Å².